The molecule has 0 unspecified atom stereocenters. The van der Waals surface area contributed by atoms with Gasteiger partial charge in [0, 0.05) is 17.0 Å². The molecule has 2 aliphatic heterocycles. The van der Waals surface area contributed by atoms with Crippen molar-refractivity contribution in [3.63, 3.8) is 0 Å². The molecule has 0 bridgehead atoms. The van der Waals surface area contributed by atoms with E-state index in [9.17, 15) is 0 Å². The van der Waals surface area contributed by atoms with Gasteiger partial charge in [-0.05, 0) is 309 Å². The number of halogens is 4. The van der Waals surface area contributed by atoms with E-state index in [1.54, 1.807) is 0 Å². The molecule has 0 aromatic heterocycles. The van der Waals surface area contributed by atoms with Crippen molar-refractivity contribution in [1.29, 1.82) is 0 Å². The lowest BCUT2D eigenvalue weighted by atomic mass is 9.77. The fourth-order valence-electron chi connectivity index (χ4n) is 14.0. The van der Waals surface area contributed by atoms with Crippen LogP contribution < -0.4 is 10.9 Å². The summed E-state index contributed by atoms with van der Waals surface area (Å²) in [7, 11) is -0.705. The molecular formula is C93H114B2Br3IO4. The van der Waals surface area contributed by atoms with Crippen molar-refractivity contribution in [2.75, 3.05) is 0 Å². The topological polar surface area (TPSA) is 36.9 Å². The molecule has 9 aromatic carbocycles. The standard InChI is InChI=1S/C44H48Br2.C42H60B2O4.C7H6BrI/c1-5-7-9-11-13-37-29-44(36-21-17-34(18-22-36)42-26-24-40(46)28-32(42)4)38(14-12-10-8-6-2)30-43(37)35-19-15-33(16-20-35)41-25-23-39(45)27-31(41)3;1-11-13-15-17-19-33-29-38(32-23-27-36(28-24-32)44-47-41(7,8)42(9,10)48-44)34(20-18-16-14-12-2)30-37(33)31-21-25-35(26-22-31)43-45-39(3,4)40(5,6)46-43;1-5-4-6(8)2-3-7(5)9/h15-30H,5-14H2,1-4H3;21-30H,11-20H2,1-10H3;2-4H,1H3. The number of hydrogen-bond acceptors (Lipinski definition) is 4. The molecule has 2 aliphatic rings. The summed E-state index contributed by atoms with van der Waals surface area (Å²) in [4.78, 5) is 0. The van der Waals surface area contributed by atoms with Gasteiger partial charge in [0.25, 0.3) is 0 Å². The predicted octanol–water partition coefficient (Wildman–Crippen LogP) is 28.0. The summed E-state index contributed by atoms with van der Waals surface area (Å²) >= 11 is 13.0. The van der Waals surface area contributed by atoms with Crippen molar-refractivity contribution >= 4 is 95.5 Å². The number of unbranched alkanes of at least 4 members (excludes halogenated alkanes) is 12. The van der Waals surface area contributed by atoms with Crippen LogP contribution in [0.2, 0.25) is 0 Å². The van der Waals surface area contributed by atoms with Gasteiger partial charge < -0.3 is 18.6 Å². The Balaban J connectivity index is 0.000000213. The molecule has 0 N–H and O–H groups in total. The van der Waals surface area contributed by atoms with Gasteiger partial charge in [0.05, 0.1) is 22.4 Å². The van der Waals surface area contributed by atoms with Gasteiger partial charge in [-0.1, -0.05) is 286 Å². The maximum Gasteiger partial charge on any atom is 0.494 e. The molecule has 0 atom stereocenters. The van der Waals surface area contributed by atoms with E-state index in [0.29, 0.717) is 0 Å². The van der Waals surface area contributed by atoms with Gasteiger partial charge in [-0.15, -0.1) is 0 Å². The van der Waals surface area contributed by atoms with Crippen LogP contribution in [0.4, 0.5) is 0 Å². The molecule has 9 aromatic rings. The highest BCUT2D eigenvalue weighted by Crippen LogP contribution is 2.42. The summed E-state index contributed by atoms with van der Waals surface area (Å²) in [6.07, 6.45) is 24.5. The van der Waals surface area contributed by atoms with Gasteiger partial charge in [-0.3, -0.25) is 0 Å². The van der Waals surface area contributed by atoms with E-state index < -0.39 is 0 Å². The zero-order valence-electron chi connectivity index (χ0n) is 64.7. The number of benzene rings is 9. The average Bonchev–Trinajstić information content (AvgIpc) is 1.76. The third-order valence-corrected chi connectivity index (χ3v) is 24.6. The number of hydrogen-bond donors (Lipinski definition) is 0. The second kappa shape index (κ2) is 38.3. The molecule has 2 heterocycles. The van der Waals surface area contributed by atoms with Crippen LogP contribution in [0.25, 0.3) is 66.8 Å². The Morgan fingerprint density at radius 1 is 0.282 bits per heavy atom. The lowest BCUT2D eigenvalue weighted by Crippen LogP contribution is -2.41. The highest BCUT2D eigenvalue weighted by atomic mass is 127. The Kier molecular flexibility index (Phi) is 30.5. The maximum absolute atomic E-state index is 6.37. The van der Waals surface area contributed by atoms with Crippen molar-refractivity contribution in [2.45, 2.75) is 255 Å². The second-order valence-corrected chi connectivity index (χ2v) is 34.9. The molecule has 2 fully saturated rings. The Hall–Kier alpha value is -4.88. The van der Waals surface area contributed by atoms with Crippen LogP contribution in [0.15, 0.2) is 189 Å². The van der Waals surface area contributed by atoms with Crippen LogP contribution in [0.5, 0.6) is 0 Å². The largest absolute Gasteiger partial charge is 0.494 e. The predicted molar refractivity (Wildman–Crippen MR) is 465 cm³/mol. The minimum Gasteiger partial charge on any atom is -0.399 e. The van der Waals surface area contributed by atoms with Gasteiger partial charge in [0.1, 0.15) is 0 Å². The first-order chi connectivity index (χ1) is 49.2. The molecule has 2 saturated heterocycles. The molecule has 11 rings (SSSR count). The summed E-state index contributed by atoms with van der Waals surface area (Å²) < 4.78 is 30.2. The van der Waals surface area contributed by atoms with Crippen LogP contribution in [0.3, 0.4) is 0 Å². The Bertz CT molecular complexity index is 3920. The summed E-state index contributed by atoms with van der Waals surface area (Å²) in [5.74, 6) is 0. The number of rotatable bonds is 28. The van der Waals surface area contributed by atoms with Gasteiger partial charge in [0.15, 0.2) is 0 Å². The van der Waals surface area contributed by atoms with E-state index in [1.807, 2.05) is 0 Å². The quantitative estimate of drug-likeness (QED) is 0.0278. The van der Waals surface area contributed by atoms with E-state index >= 15 is 0 Å². The number of aryl methyl sites for hydroxylation is 7. The summed E-state index contributed by atoms with van der Waals surface area (Å²) in [6, 6.07) is 66.0. The third kappa shape index (κ3) is 21.9. The van der Waals surface area contributed by atoms with Crippen LogP contribution in [-0.2, 0) is 44.3 Å². The fraction of sp³-hybridized carbons (Fsp3) is 0.419. The first-order valence-corrected chi connectivity index (χ1v) is 42.1. The lowest BCUT2D eigenvalue weighted by Gasteiger charge is -2.32. The van der Waals surface area contributed by atoms with Crippen molar-refractivity contribution in [2.24, 2.45) is 0 Å². The van der Waals surface area contributed by atoms with Crippen LogP contribution >= 0.6 is 70.4 Å². The molecule has 0 saturated carbocycles. The van der Waals surface area contributed by atoms with Gasteiger partial charge >= 0.3 is 14.2 Å². The molecule has 544 valence electrons. The molecule has 0 spiro atoms. The zero-order valence-corrected chi connectivity index (χ0v) is 71.6. The van der Waals surface area contributed by atoms with Gasteiger partial charge in [0.2, 0.25) is 0 Å². The maximum atomic E-state index is 6.37. The molecule has 0 aliphatic carbocycles. The minimum atomic E-state index is -0.354. The van der Waals surface area contributed by atoms with Crippen LogP contribution in [0.1, 0.15) is 225 Å². The molecule has 103 heavy (non-hydrogen) atoms. The SMILES string of the molecule is CCCCCCc1cc(-c2ccc(-c3ccc(Br)cc3C)cc2)c(CCCCCC)cc1-c1ccc(-c2ccc(Br)cc2C)cc1.CCCCCCc1cc(-c2ccc(B3OC(C)(C)C(C)(C)O3)cc2)c(CCCCCC)cc1-c1ccc(B2OC(C)(C)C(C)(C)O2)cc1.Cc1cc(Br)ccc1I. The molecule has 4 nitrogen and oxygen atoms in total. The summed E-state index contributed by atoms with van der Waals surface area (Å²) in [5, 5.41) is 0. The molecular weight excluding hydrogens is 1570 g/mol. The van der Waals surface area contributed by atoms with Crippen LogP contribution in [-0.4, -0.2) is 36.6 Å². The zero-order chi connectivity index (χ0) is 74.1. The fourth-order valence-corrected chi connectivity index (χ4v) is 15.8. The Labute approximate surface area is 661 Å². The summed E-state index contributed by atoms with van der Waals surface area (Å²) in [5.41, 5.74) is 26.3. The molecule has 0 radical (unpaired) electrons. The third-order valence-electron chi connectivity index (χ3n) is 21.9. The highest BCUT2D eigenvalue weighted by molar-refractivity contribution is 14.1. The Morgan fingerprint density at radius 3 is 0.748 bits per heavy atom. The lowest BCUT2D eigenvalue weighted by molar-refractivity contribution is 0.00578. The first-order valence-electron chi connectivity index (χ1n) is 38.6. The van der Waals surface area contributed by atoms with E-state index in [2.05, 4.69) is 350 Å². The van der Waals surface area contributed by atoms with E-state index in [4.69, 9.17) is 18.6 Å². The van der Waals surface area contributed by atoms with Crippen molar-refractivity contribution < 1.29 is 18.6 Å². The van der Waals surface area contributed by atoms with Crippen molar-refractivity contribution in [1.82, 2.24) is 0 Å². The van der Waals surface area contributed by atoms with E-state index in [-0.39, 0.29) is 36.6 Å². The normalized spacial score (nSPS) is 14.9. The van der Waals surface area contributed by atoms with Gasteiger partial charge in [-0.25, -0.2) is 0 Å². The molecule has 0 amide bonds. The van der Waals surface area contributed by atoms with Crippen LogP contribution in [0, 0.1) is 24.3 Å². The average molecular weight is 1680 g/mol. The minimum absolute atomic E-state index is 0.353. The summed E-state index contributed by atoms with van der Waals surface area (Å²) in [6.45, 7) is 32.5. The van der Waals surface area contributed by atoms with Crippen molar-refractivity contribution in [3.8, 4) is 66.8 Å². The highest BCUT2D eigenvalue weighted by Gasteiger charge is 2.53. The van der Waals surface area contributed by atoms with Crippen molar-refractivity contribution in [3.05, 3.63) is 232 Å². The first kappa shape index (κ1) is 82.2. The second-order valence-electron chi connectivity index (χ2n) is 31.0. The Morgan fingerprint density at radius 2 is 0.515 bits per heavy atom. The monoisotopic (exact) mass is 1680 g/mol. The smallest absolute Gasteiger partial charge is 0.399 e. The molecule has 10 heteroatoms. The van der Waals surface area contributed by atoms with E-state index in [1.165, 1.54) is 212 Å². The van der Waals surface area contributed by atoms with E-state index in [0.717, 1.165) is 50.0 Å². The van der Waals surface area contributed by atoms with Gasteiger partial charge in [-0.2, -0.15) is 0 Å².